The van der Waals surface area contributed by atoms with Gasteiger partial charge in [-0.1, -0.05) is 11.6 Å². The van der Waals surface area contributed by atoms with Crippen LogP contribution in [0.15, 0.2) is 24.7 Å². The summed E-state index contributed by atoms with van der Waals surface area (Å²) < 4.78 is 1.63. The van der Waals surface area contributed by atoms with Gasteiger partial charge in [-0.2, -0.15) is 5.10 Å². The van der Waals surface area contributed by atoms with E-state index in [9.17, 15) is 4.79 Å². The Morgan fingerprint density at radius 2 is 2.29 bits per heavy atom. The van der Waals surface area contributed by atoms with Crippen molar-refractivity contribution in [3.05, 3.63) is 35.4 Å². The van der Waals surface area contributed by atoms with Crippen LogP contribution in [0.1, 0.15) is 10.4 Å². The number of carbonyl (C=O) groups excluding carboxylic acids is 1. The number of hydrogen-bond acceptors (Lipinski definition) is 4. The predicted molar refractivity (Wildman–Crippen MR) is 64.3 cm³/mol. The number of nitrogens with two attached hydrogens (primary N) is 1. The van der Waals surface area contributed by atoms with Gasteiger partial charge in [0.1, 0.15) is 5.15 Å². The highest BCUT2D eigenvalue weighted by Crippen LogP contribution is 2.22. The second-order valence-corrected chi connectivity index (χ2v) is 3.83. The number of halogens is 1. The van der Waals surface area contributed by atoms with Crippen LogP contribution in [-0.4, -0.2) is 20.7 Å². The first-order valence-electron chi connectivity index (χ1n) is 4.77. The van der Waals surface area contributed by atoms with Crippen molar-refractivity contribution in [2.75, 3.05) is 5.32 Å². The molecule has 0 saturated heterocycles. The summed E-state index contributed by atoms with van der Waals surface area (Å²) in [5.74, 6) is -0.569. The molecule has 0 aliphatic carbocycles. The Hall–Kier alpha value is -2.08. The average Bonchev–Trinajstić information content (AvgIpc) is 2.63. The minimum atomic E-state index is -0.569. The van der Waals surface area contributed by atoms with Gasteiger partial charge in [-0.15, -0.1) is 0 Å². The Kier molecular flexibility index (Phi) is 2.97. The Bertz CT molecular complexity index is 566. The highest BCUT2D eigenvalue weighted by molar-refractivity contribution is 6.29. The van der Waals surface area contributed by atoms with E-state index in [4.69, 9.17) is 17.3 Å². The summed E-state index contributed by atoms with van der Waals surface area (Å²) in [4.78, 5) is 15.0. The zero-order chi connectivity index (χ0) is 12.4. The number of nitrogens with zero attached hydrogens (tertiary/aromatic N) is 3. The lowest BCUT2D eigenvalue weighted by Crippen LogP contribution is -2.13. The van der Waals surface area contributed by atoms with E-state index in [0.29, 0.717) is 5.69 Å². The number of aromatic nitrogens is 3. The molecule has 0 unspecified atom stereocenters. The van der Waals surface area contributed by atoms with Gasteiger partial charge in [-0.25, -0.2) is 4.98 Å². The van der Waals surface area contributed by atoms with Crippen molar-refractivity contribution in [2.24, 2.45) is 12.8 Å². The van der Waals surface area contributed by atoms with Gasteiger partial charge < -0.3 is 11.1 Å². The normalized spacial score (nSPS) is 10.2. The van der Waals surface area contributed by atoms with Crippen molar-refractivity contribution in [3.8, 4) is 0 Å². The summed E-state index contributed by atoms with van der Waals surface area (Å²) in [6.07, 6.45) is 4.72. The number of aryl methyl sites for hydroxylation is 1. The molecule has 0 radical (unpaired) electrons. The summed E-state index contributed by atoms with van der Waals surface area (Å²) in [7, 11) is 1.79. The second kappa shape index (κ2) is 4.42. The molecule has 17 heavy (non-hydrogen) atoms. The molecule has 88 valence electrons. The van der Waals surface area contributed by atoms with Gasteiger partial charge >= 0.3 is 0 Å². The van der Waals surface area contributed by atoms with Crippen molar-refractivity contribution < 1.29 is 4.79 Å². The number of carbonyl (C=O) groups is 1. The topological polar surface area (TPSA) is 85.8 Å². The zero-order valence-electron chi connectivity index (χ0n) is 9.01. The molecule has 0 atom stereocenters. The maximum absolute atomic E-state index is 11.2. The number of amides is 1. The van der Waals surface area contributed by atoms with Gasteiger partial charge in [0.25, 0.3) is 5.91 Å². The number of anilines is 2. The molecule has 0 saturated carbocycles. The molecule has 2 heterocycles. The number of hydrogen-bond donors (Lipinski definition) is 2. The molecule has 6 nitrogen and oxygen atoms in total. The molecule has 0 fully saturated rings. The standard InChI is InChI=1S/C10H10ClN5O/c1-16-5-6(3-14-16)15-8-2-9(11)13-4-7(8)10(12)17/h2-5H,1H3,(H2,12,17)(H,13,15). The van der Waals surface area contributed by atoms with E-state index >= 15 is 0 Å². The first kappa shape index (κ1) is 11.4. The van der Waals surface area contributed by atoms with Crippen LogP contribution < -0.4 is 11.1 Å². The molecule has 2 aromatic heterocycles. The third-order valence-electron chi connectivity index (χ3n) is 2.12. The lowest BCUT2D eigenvalue weighted by atomic mass is 10.2. The molecule has 0 aromatic carbocycles. The van der Waals surface area contributed by atoms with E-state index in [1.807, 2.05) is 0 Å². The van der Waals surface area contributed by atoms with Crippen LogP contribution in [0, 0.1) is 0 Å². The Morgan fingerprint density at radius 1 is 1.53 bits per heavy atom. The first-order chi connectivity index (χ1) is 8.06. The van der Waals surface area contributed by atoms with Gasteiger partial charge in [-0.05, 0) is 6.07 Å². The first-order valence-corrected chi connectivity index (χ1v) is 5.15. The molecular formula is C10H10ClN5O. The van der Waals surface area contributed by atoms with E-state index in [1.165, 1.54) is 12.3 Å². The minimum absolute atomic E-state index is 0.276. The Balaban J connectivity index is 2.37. The number of primary amides is 1. The quantitative estimate of drug-likeness (QED) is 0.806. The molecule has 0 aliphatic rings. The maximum Gasteiger partial charge on any atom is 0.252 e. The van der Waals surface area contributed by atoms with E-state index in [0.717, 1.165) is 5.69 Å². The number of pyridine rings is 1. The highest BCUT2D eigenvalue weighted by Gasteiger charge is 2.10. The van der Waals surface area contributed by atoms with Crippen LogP contribution in [0.3, 0.4) is 0 Å². The minimum Gasteiger partial charge on any atom is -0.365 e. The fourth-order valence-electron chi connectivity index (χ4n) is 1.37. The summed E-state index contributed by atoms with van der Waals surface area (Å²) >= 11 is 5.77. The van der Waals surface area contributed by atoms with Crippen LogP contribution in [0.2, 0.25) is 5.15 Å². The average molecular weight is 252 g/mol. The molecule has 2 aromatic rings. The summed E-state index contributed by atoms with van der Waals surface area (Å²) in [6.45, 7) is 0. The largest absolute Gasteiger partial charge is 0.365 e. The van der Waals surface area contributed by atoms with Crippen LogP contribution in [-0.2, 0) is 7.05 Å². The van der Waals surface area contributed by atoms with Crippen LogP contribution in [0.25, 0.3) is 0 Å². The molecule has 0 aliphatic heterocycles. The van der Waals surface area contributed by atoms with Crippen LogP contribution >= 0.6 is 11.6 Å². The highest BCUT2D eigenvalue weighted by atomic mass is 35.5. The van der Waals surface area contributed by atoms with Gasteiger partial charge in [0.2, 0.25) is 0 Å². The van der Waals surface area contributed by atoms with Gasteiger partial charge in [0.15, 0.2) is 0 Å². The smallest absolute Gasteiger partial charge is 0.252 e. The summed E-state index contributed by atoms with van der Waals surface area (Å²) in [5, 5.41) is 7.29. The Labute approximate surface area is 102 Å². The van der Waals surface area contributed by atoms with Crippen LogP contribution in [0.4, 0.5) is 11.4 Å². The monoisotopic (exact) mass is 251 g/mol. The van der Waals surface area contributed by atoms with Crippen molar-refractivity contribution in [3.63, 3.8) is 0 Å². The Morgan fingerprint density at radius 3 is 2.88 bits per heavy atom. The maximum atomic E-state index is 11.2. The zero-order valence-corrected chi connectivity index (χ0v) is 9.77. The van der Waals surface area contributed by atoms with E-state index in [1.54, 1.807) is 24.1 Å². The molecule has 0 bridgehead atoms. The van der Waals surface area contributed by atoms with E-state index in [2.05, 4.69) is 15.4 Å². The SMILES string of the molecule is Cn1cc(Nc2cc(Cl)ncc2C(N)=O)cn1. The van der Waals surface area contributed by atoms with Crippen molar-refractivity contribution in [2.45, 2.75) is 0 Å². The number of rotatable bonds is 3. The van der Waals surface area contributed by atoms with Crippen LogP contribution in [0.5, 0.6) is 0 Å². The van der Waals surface area contributed by atoms with Gasteiger partial charge in [-0.3, -0.25) is 9.48 Å². The fraction of sp³-hybridized carbons (Fsp3) is 0.100. The lowest BCUT2D eigenvalue weighted by molar-refractivity contribution is 0.100. The second-order valence-electron chi connectivity index (χ2n) is 3.44. The summed E-state index contributed by atoms with van der Waals surface area (Å²) in [6, 6.07) is 1.54. The van der Waals surface area contributed by atoms with E-state index in [-0.39, 0.29) is 10.7 Å². The van der Waals surface area contributed by atoms with Crippen molar-refractivity contribution >= 4 is 28.9 Å². The van der Waals surface area contributed by atoms with E-state index < -0.39 is 5.91 Å². The summed E-state index contributed by atoms with van der Waals surface area (Å²) in [5.41, 5.74) is 6.76. The fourth-order valence-corrected chi connectivity index (χ4v) is 1.53. The third-order valence-corrected chi connectivity index (χ3v) is 2.33. The van der Waals surface area contributed by atoms with Crippen molar-refractivity contribution in [1.29, 1.82) is 0 Å². The van der Waals surface area contributed by atoms with Gasteiger partial charge in [0.05, 0.1) is 23.1 Å². The van der Waals surface area contributed by atoms with Crippen molar-refractivity contribution in [1.82, 2.24) is 14.8 Å². The number of nitrogens with one attached hydrogen (secondary N) is 1. The molecule has 2 rings (SSSR count). The third kappa shape index (κ3) is 2.54. The molecule has 1 amide bonds. The molecule has 3 N–H and O–H groups in total. The van der Waals surface area contributed by atoms with Gasteiger partial charge in [0, 0.05) is 19.4 Å². The lowest BCUT2D eigenvalue weighted by Gasteiger charge is -2.07. The predicted octanol–water partition coefficient (Wildman–Crippen LogP) is 1.31. The molecule has 7 heteroatoms. The molecular weight excluding hydrogens is 242 g/mol. The molecule has 0 spiro atoms.